The van der Waals surface area contributed by atoms with Gasteiger partial charge in [-0.15, -0.1) is 11.3 Å². The van der Waals surface area contributed by atoms with Gasteiger partial charge < -0.3 is 15.0 Å². The summed E-state index contributed by atoms with van der Waals surface area (Å²) in [5.41, 5.74) is 1.29. The van der Waals surface area contributed by atoms with Crippen LogP contribution >= 0.6 is 11.3 Å². The van der Waals surface area contributed by atoms with Gasteiger partial charge in [-0.25, -0.2) is 0 Å². The van der Waals surface area contributed by atoms with Crippen molar-refractivity contribution < 1.29 is 14.3 Å². The molecule has 0 aliphatic carbocycles. The van der Waals surface area contributed by atoms with E-state index in [2.05, 4.69) is 23.7 Å². The maximum absolute atomic E-state index is 12.3. The minimum absolute atomic E-state index is 0.0594. The van der Waals surface area contributed by atoms with Crippen molar-refractivity contribution in [3.8, 4) is 0 Å². The summed E-state index contributed by atoms with van der Waals surface area (Å²) >= 11 is 1.73. The number of likely N-dealkylation sites (tertiary alicyclic amines) is 1. The molecule has 1 N–H and O–H groups in total. The van der Waals surface area contributed by atoms with Gasteiger partial charge in [-0.2, -0.15) is 0 Å². The summed E-state index contributed by atoms with van der Waals surface area (Å²) in [6, 6.07) is 2.10. The molecule has 2 rings (SSSR count). The number of aryl methyl sites for hydroxylation is 1. The summed E-state index contributed by atoms with van der Waals surface area (Å²) in [6.45, 7) is 4.33. The van der Waals surface area contributed by atoms with Crippen molar-refractivity contribution in [3.05, 3.63) is 21.9 Å². The number of rotatable bonds is 7. The van der Waals surface area contributed by atoms with E-state index in [0.717, 1.165) is 6.42 Å². The molecule has 0 aromatic carbocycles. The van der Waals surface area contributed by atoms with Crippen LogP contribution in [0.2, 0.25) is 0 Å². The number of nitrogens with one attached hydrogen (secondary N) is 1. The molecule has 2 amide bonds. The fourth-order valence-corrected chi connectivity index (χ4v) is 3.56. The van der Waals surface area contributed by atoms with Crippen molar-refractivity contribution in [1.29, 1.82) is 0 Å². The highest BCUT2D eigenvalue weighted by Crippen LogP contribution is 2.18. The largest absolute Gasteiger partial charge is 0.383 e. The Labute approximate surface area is 135 Å². The second kappa shape index (κ2) is 8.29. The van der Waals surface area contributed by atoms with Gasteiger partial charge in [-0.3, -0.25) is 9.59 Å². The van der Waals surface area contributed by atoms with Gasteiger partial charge in [-0.05, 0) is 36.8 Å². The molecule has 1 aromatic heterocycles. The highest BCUT2D eigenvalue weighted by Gasteiger charge is 2.29. The van der Waals surface area contributed by atoms with E-state index in [4.69, 9.17) is 4.74 Å². The topological polar surface area (TPSA) is 58.6 Å². The first-order valence-electron chi connectivity index (χ1n) is 7.69. The van der Waals surface area contributed by atoms with Crippen LogP contribution in [0.4, 0.5) is 0 Å². The second-order valence-corrected chi connectivity index (χ2v) is 6.64. The van der Waals surface area contributed by atoms with Gasteiger partial charge in [-0.1, -0.05) is 0 Å². The molecule has 0 spiro atoms. The van der Waals surface area contributed by atoms with Crippen LogP contribution < -0.4 is 5.32 Å². The van der Waals surface area contributed by atoms with Crippen LogP contribution in [0.3, 0.4) is 0 Å². The molecule has 2 heterocycles. The Morgan fingerprint density at radius 3 is 3.05 bits per heavy atom. The van der Waals surface area contributed by atoms with Crippen molar-refractivity contribution >= 4 is 23.2 Å². The van der Waals surface area contributed by atoms with Crippen molar-refractivity contribution in [1.82, 2.24) is 10.2 Å². The number of hydrogen-bond donors (Lipinski definition) is 1. The zero-order valence-electron chi connectivity index (χ0n) is 13.3. The number of thiophene rings is 1. The first kappa shape index (κ1) is 17.0. The molecule has 0 radical (unpaired) electrons. The smallest absolute Gasteiger partial charge is 0.224 e. The lowest BCUT2D eigenvalue weighted by molar-refractivity contribution is -0.138. The number of ether oxygens (including phenoxy) is 1. The highest BCUT2D eigenvalue weighted by atomic mass is 32.1. The molecule has 6 heteroatoms. The van der Waals surface area contributed by atoms with Gasteiger partial charge in [0.1, 0.15) is 0 Å². The molecule has 5 nitrogen and oxygen atoms in total. The summed E-state index contributed by atoms with van der Waals surface area (Å²) in [6.07, 6.45) is 1.96. The van der Waals surface area contributed by atoms with Crippen molar-refractivity contribution in [3.63, 3.8) is 0 Å². The Bertz CT molecular complexity index is 515. The van der Waals surface area contributed by atoms with Crippen LogP contribution in [0.15, 0.2) is 11.4 Å². The third kappa shape index (κ3) is 4.55. The summed E-state index contributed by atoms with van der Waals surface area (Å²) < 4.78 is 5.01. The third-order valence-electron chi connectivity index (χ3n) is 4.06. The number of amides is 2. The maximum Gasteiger partial charge on any atom is 0.224 e. The number of nitrogens with zero attached hydrogens (tertiary/aromatic N) is 1. The van der Waals surface area contributed by atoms with Crippen molar-refractivity contribution in [2.24, 2.45) is 5.92 Å². The summed E-state index contributed by atoms with van der Waals surface area (Å²) in [5, 5.41) is 5.08. The molecule has 1 unspecified atom stereocenters. The van der Waals surface area contributed by atoms with Crippen molar-refractivity contribution in [2.45, 2.75) is 26.2 Å². The molecule has 22 heavy (non-hydrogen) atoms. The van der Waals surface area contributed by atoms with E-state index in [9.17, 15) is 9.59 Å². The average molecular weight is 324 g/mol. The molecular formula is C16H24N2O3S. The molecule has 1 aliphatic rings. The molecule has 0 saturated carbocycles. The first-order chi connectivity index (χ1) is 10.6. The Kier molecular flexibility index (Phi) is 6.39. The SMILES string of the molecule is COCCN1CC(C(=O)NCCc2sccc2C)CCC1=O. The van der Waals surface area contributed by atoms with Gasteiger partial charge in [0.2, 0.25) is 11.8 Å². The predicted octanol–water partition coefficient (Wildman–Crippen LogP) is 1.60. The van der Waals surface area contributed by atoms with E-state index in [0.29, 0.717) is 39.1 Å². The normalized spacial score (nSPS) is 18.5. The minimum atomic E-state index is -0.0982. The number of carbonyl (C=O) groups is 2. The fraction of sp³-hybridized carbons (Fsp3) is 0.625. The standard InChI is InChI=1S/C16H24N2O3S/c1-12-6-10-22-14(12)5-7-17-16(20)13-3-4-15(19)18(11-13)8-9-21-2/h6,10,13H,3-5,7-9,11H2,1-2H3,(H,17,20). The van der Waals surface area contributed by atoms with Crippen LogP contribution in [-0.4, -0.2) is 50.1 Å². The monoisotopic (exact) mass is 324 g/mol. The van der Waals surface area contributed by atoms with Gasteiger partial charge >= 0.3 is 0 Å². The molecule has 1 aliphatic heterocycles. The molecule has 0 bridgehead atoms. The Hall–Kier alpha value is -1.40. The van der Waals surface area contributed by atoms with Gasteiger partial charge in [0.15, 0.2) is 0 Å². The van der Waals surface area contributed by atoms with E-state index < -0.39 is 0 Å². The zero-order valence-corrected chi connectivity index (χ0v) is 14.1. The molecule has 1 aromatic rings. The number of hydrogen-bond acceptors (Lipinski definition) is 4. The minimum Gasteiger partial charge on any atom is -0.383 e. The maximum atomic E-state index is 12.3. The fourth-order valence-electron chi connectivity index (χ4n) is 2.65. The van der Waals surface area contributed by atoms with Gasteiger partial charge in [0.25, 0.3) is 0 Å². The predicted molar refractivity (Wildman–Crippen MR) is 86.9 cm³/mol. The number of carbonyl (C=O) groups excluding carboxylic acids is 2. The van der Waals surface area contributed by atoms with E-state index >= 15 is 0 Å². The van der Waals surface area contributed by atoms with Gasteiger partial charge in [0, 0.05) is 38.0 Å². The van der Waals surface area contributed by atoms with E-state index in [1.807, 2.05) is 0 Å². The third-order valence-corrected chi connectivity index (χ3v) is 5.14. The lowest BCUT2D eigenvalue weighted by atomic mass is 9.96. The Morgan fingerprint density at radius 1 is 1.55 bits per heavy atom. The lowest BCUT2D eigenvalue weighted by Crippen LogP contribution is -2.47. The average Bonchev–Trinajstić information content (AvgIpc) is 2.91. The molecular weight excluding hydrogens is 300 g/mol. The summed E-state index contributed by atoms with van der Waals surface area (Å²) in [5.74, 6) is 0.0819. The van der Waals surface area contributed by atoms with Crippen LogP contribution in [0, 0.1) is 12.8 Å². The van der Waals surface area contributed by atoms with E-state index in [1.165, 1.54) is 10.4 Å². The van der Waals surface area contributed by atoms with Gasteiger partial charge in [0.05, 0.1) is 12.5 Å². The zero-order chi connectivity index (χ0) is 15.9. The molecule has 1 saturated heterocycles. The Balaban J connectivity index is 1.77. The Morgan fingerprint density at radius 2 is 2.36 bits per heavy atom. The molecule has 1 atom stereocenters. The van der Waals surface area contributed by atoms with Crippen molar-refractivity contribution in [2.75, 3.05) is 33.4 Å². The van der Waals surface area contributed by atoms with Crippen LogP contribution in [-0.2, 0) is 20.7 Å². The lowest BCUT2D eigenvalue weighted by Gasteiger charge is -2.31. The number of piperidine rings is 1. The van der Waals surface area contributed by atoms with Crippen LogP contribution in [0.5, 0.6) is 0 Å². The molecule has 1 fully saturated rings. The first-order valence-corrected chi connectivity index (χ1v) is 8.57. The summed E-state index contributed by atoms with van der Waals surface area (Å²) in [7, 11) is 1.62. The highest BCUT2D eigenvalue weighted by molar-refractivity contribution is 7.10. The number of methoxy groups -OCH3 is 1. The van der Waals surface area contributed by atoms with E-state index in [-0.39, 0.29) is 17.7 Å². The second-order valence-electron chi connectivity index (χ2n) is 5.64. The quantitative estimate of drug-likeness (QED) is 0.829. The van der Waals surface area contributed by atoms with Crippen LogP contribution in [0.25, 0.3) is 0 Å². The van der Waals surface area contributed by atoms with E-state index in [1.54, 1.807) is 23.3 Å². The summed E-state index contributed by atoms with van der Waals surface area (Å²) in [4.78, 5) is 27.1. The van der Waals surface area contributed by atoms with Crippen LogP contribution in [0.1, 0.15) is 23.3 Å². The molecule has 122 valence electrons.